The average molecular weight is 454 g/mol. The van der Waals surface area contributed by atoms with Gasteiger partial charge in [0.1, 0.15) is 4.90 Å². The maximum absolute atomic E-state index is 13.1. The molecule has 0 bridgehead atoms. The summed E-state index contributed by atoms with van der Waals surface area (Å²) in [7, 11) is -0.331. The molecule has 11 heteroatoms. The van der Waals surface area contributed by atoms with Gasteiger partial charge in [-0.15, -0.1) is 11.8 Å². The molecule has 2 unspecified atom stereocenters. The van der Waals surface area contributed by atoms with Gasteiger partial charge in [0, 0.05) is 24.0 Å². The molecule has 0 aliphatic carbocycles. The van der Waals surface area contributed by atoms with E-state index >= 15 is 0 Å². The maximum Gasteiger partial charge on any atom is 0.331 e. The molecule has 30 heavy (non-hydrogen) atoms. The van der Waals surface area contributed by atoms with E-state index < -0.39 is 21.3 Å². The molecule has 3 amide bonds. The summed E-state index contributed by atoms with van der Waals surface area (Å²) in [6.07, 6.45) is 0.481. The first-order valence-electron chi connectivity index (χ1n) is 9.56. The van der Waals surface area contributed by atoms with E-state index in [4.69, 9.17) is 0 Å². The number of likely N-dealkylation sites (N-methyl/N-ethyl adjacent to an activating group) is 1. The second-order valence-electron chi connectivity index (χ2n) is 7.27. The van der Waals surface area contributed by atoms with E-state index in [-0.39, 0.29) is 35.5 Å². The fourth-order valence-electron chi connectivity index (χ4n) is 3.08. The summed E-state index contributed by atoms with van der Waals surface area (Å²) in [5, 5.41) is 14.1. The van der Waals surface area contributed by atoms with E-state index in [9.17, 15) is 23.3 Å². The lowest BCUT2D eigenvalue weighted by atomic mass is 10.2. The van der Waals surface area contributed by atoms with Crippen molar-refractivity contribution in [2.45, 2.75) is 41.4 Å². The van der Waals surface area contributed by atoms with Crippen LogP contribution >= 0.6 is 11.8 Å². The number of thioether (sulfide) groups is 1. The molecule has 1 heterocycles. The van der Waals surface area contributed by atoms with Gasteiger partial charge in [0.25, 0.3) is 10.0 Å². The number of nitrogens with zero attached hydrogens (tertiary/aromatic N) is 3. The number of carbonyl (C=O) groups excluding carboxylic acids is 2. The van der Waals surface area contributed by atoms with Gasteiger partial charge >= 0.3 is 6.03 Å². The summed E-state index contributed by atoms with van der Waals surface area (Å²) >= 11 is 1.12. The summed E-state index contributed by atoms with van der Waals surface area (Å²) in [5.74, 6) is -0.191. The first-order valence-corrected chi connectivity index (χ1v) is 11.9. The Hall–Kier alpha value is -2.29. The van der Waals surface area contributed by atoms with Gasteiger partial charge in [-0.05, 0) is 45.6 Å². The Morgan fingerprint density at radius 2 is 2.13 bits per heavy atom. The van der Waals surface area contributed by atoms with Crippen LogP contribution in [0, 0.1) is 11.3 Å². The minimum Gasteiger partial charge on any atom is -0.351 e. The third-order valence-corrected chi connectivity index (χ3v) is 7.81. The molecule has 0 spiro atoms. The molecule has 0 aromatic heterocycles. The van der Waals surface area contributed by atoms with Crippen LogP contribution in [0.1, 0.15) is 25.8 Å². The molecule has 0 saturated carbocycles. The molecule has 1 aliphatic rings. The van der Waals surface area contributed by atoms with Crippen molar-refractivity contribution in [2.24, 2.45) is 0 Å². The third-order valence-electron chi connectivity index (χ3n) is 4.42. The van der Waals surface area contributed by atoms with E-state index in [0.29, 0.717) is 17.9 Å². The minimum atomic E-state index is -4.16. The Kier molecular flexibility index (Phi) is 8.11. The second-order valence-corrected chi connectivity index (χ2v) is 10.3. The number of benzene rings is 1. The fraction of sp³-hybridized carbons (Fsp3) is 0.526. The number of hydrogen-bond donors (Lipinski definition) is 2. The lowest BCUT2D eigenvalue weighted by molar-refractivity contribution is -0.121. The Bertz CT molecular complexity index is 943. The minimum absolute atomic E-state index is 0.0157. The monoisotopic (exact) mass is 453 g/mol. The zero-order valence-electron chi connectivity index (χ0n) is 17.5. The highest BCUT2D eigenvalue weighted by atomic mass is 32.2. The third kappa shape index (κ3) is 5.65. The zero-order chi connectivity index (χ0) is 22.5. The molecule has 1 aromatic carbocycles. The Labute approximate surface area is 181 Å². The highest BCUT2D eigenvalue weighted by Crippen LogP contribution is 2.34. The highest BCUT2D eigenvalue weighted by molar-refractivity contribution is 8.01. The van der Waals surface area contributed by atoms with Gasteiger partial charge in [0.05, 0.1) is 23.4 Å². The summed E-state index contributed by atoms with van der Waals surface area (Å²) in [6.45, 7) is 4.66. The van der Waals surface area contributed by atoms with Crippen molar-refractivity contribution in [1.82, 2.24) is 19.8 Å². The largest absolute Gasteiger partial charge is 0.351 e. The molecule has 1 fully saturated rings. The van der Waals surface area contributed by atoms with E-state index in [2.05, 4.69) is 10.6 Å². The van der Waals surface area contributed by atoms with Crippen LogP contribution in [0.3, 0.4) is 0 Å². The van der Waals surface area contributed by atoms with Gasteiger partial charge in [0.15, 0.2) is 0 Å². The number of nitrogens with one attached hydrogen (secondary N) is 2. The van der Waals surface area contributed by atoms with Gasteiger partial charge in [-0.3, -0.25) is 4.79 Å². The molecule has 2 N–H and O–H groups in total. The van der Waals surface area contributed by atoms with Crippen LogP contribution < -0.4 is 10.6 Å². The smallest absolute Gasteiger partial charge is 0.331 e. The summed E-state index contributed by atoms with van der Waals surface area (Å²) in [5.41, 5.74) is 0.162. The fourth-order valence-corrected chi connectivity index (χ4v) is 5.96. The van der Waals surface area contributed by atoms with Crippen molar-refractivity contribution >= 4 is 33.7 Å². The van der Waals surface area contributed by atoms with Crippen molar-refractivity contribution in [1.29, 1.82) is 5.26 Å². The lowest BCUT2D eigenvalue weighted by Gasteiger charge is -2.23. The molecule has 164 valence electrons. The quantitative estimate of drug-likeness (QED) is 0.539. The standard InChI is InChI=1S/C19H27N5O4S2/c1-5-15(18(25)22-13(2)12-23(3)4)29-16-7-6-14(11-20)10-17(16)30(27,28)24-9-8-21-19(24)26/h6-7,10,13,15H,5,8-9,12H2,1-4H3,(H,21,26)(H,22,25). The van der Waals surface area contributed by atoms with Crippen molar-refractivity contribution in [3.63, 3.8) is 0 Å². The predicted octanol–water partition coefficient (Wildman–Crippen LogP) is 1.21. The Morgan fingerprint density at radius 1 is 1.43 bits per heavy atom. The molecule has 1 aliphatic heterocycles. The van der Waals surface area contributed by atoms with E-state index in [1.54, 1.807) is 0 Å². The van der Waals surface area contributed by atoms with Gasteiger partial charge < -0.3 is 15.5 Å². The van der Waals surface area contributed by atoms with Crippen molar-refractivity contribution in [2.75, 3.05) is 33.7 Å². The first-order chi connectivity index (χ1) is 14.1. The number of sulfonamides is 1. The Balaban J connectivity index is 2.33. The molecule has 2 atom stereocenters. The first kappa shape index (κ1) is 24.0. The van der Waals surface area contributed by atoms with Gasteiger partial charge in [-0.25, -0.2) is 17.5 Å². The average Bonchev–Trinajstić information content (AvgIpc) is 3.12. The van der Waals surface area contributed by atoms with E-state index in [1.165, 1.54) is 18.2 Å². The van der Waals surface area contributed by atoms with Crippen LogP contribution in [0.25, 0.3) is 0 Å². The summed E-state index contributed by atoms with van der Waals surface area (Å²) in [4.78, 5) is 26.8. The van der Waals surface area contributed by atoms with E-state index in [1.807, 2.05) is 38.9 Å². The van der Waals surface area contributed by atoms with Crippen LogP contribution in [0.2, 0.25) is 0 Å². The topological polar surface area (TPSA) is 123 Å². The van der Waals surface area contributed by atoms with Gasteiger partial charge in [-0.2, -0.15) is 5.26 Å². The molecule has 2 rings (SSSR count). The number of urea groups is 1. The van der Waals surface area contributed by atoms with E-state index in [0.717, 1.165) is 16.1 Å². The molecule has 1 saturated heterocycles. The number of hydrogen-bond acceptors (Lipinski definition) is 7. The molecular weight excluding hydrogens is 426 g/mol. The predicted molar refractivity (Wildman–Crippen MR) is 115 cm³/mol. The lowest BCUT2D eigenvalue weighted by Crippen LogP contribution is -2.43. The second kappa shape index (κ2) is 10.1. The summed E-state index contributed by atoms with van der Waals surface area (Å²) < 4.78 is 27.0. The number of nitriles is 1. The molecule has 0 radical (unpaired) electrons. The van der Waals surface area contributed by atoms with Crippen LogP contribution in [0.15, 0.2) is 28.0 Å². The van der Waals surface area contributed by atoms with Crippen LogP contribution in [-0.2, 0) is 14.8 Å². The van der Waals surface area contributed by atoms with Crippen LogP contribution in [-0.4, -0.2) is 74.6 Å². The zero-order valence-corrected chi connectivity index (χ0v) is 19.1. The summed E-state index contributed by atoms with van der Waals surface area (Å²) in [6, 6.07) is 5.43. The SMILES string of the molecule is CCC(Sc1ccc(C#N)cc1S(=O)(=O)N1CCNC1=O)C(=O)NC(C)CN(C)C. The van der Waals surface area contributed by atoms with Crippen molar-refractivity contribution in [3.8, 4) is 6.07 Å². The molecule has 1 aromatic rings. The van der Waals surface area contributed by atoms with Crippen molar-refractivity contribution in [3.05, 3.63) is 23.8 Å². The molecule has 9 nitrogen and oxygen atoms in total. The number of rotatable bonds is 9. The number of carbonyl (C=O) groups is 2. The van der Waals surface area contributed by atoms with Crippen LogP contribution in [0.5, 0.6) is 0 Å². The number of amides is 3. The van der Waals surface area contributed by atoms with Gasteiger partial charge in [0.2, 0.25) is 5.91 Å². The van der Waals surface area contributed by atoms with Crippen molar-refractivity contribution < 1.29 is 18.0 Å². The maximum atomic E-state index is 13.1. The van der Waals surface area contributed by atoms with Crippen LogP contribution in [0.4, 0.5) is 4.79 Å². The normalized spacial score (nSPS) is 16.1. The highest BCUT2D eigenvalue weighted by Gasteiger charge is 2.35. The Morgan fingerprint density at radius 3 is 2.67 bits per heavy atom. The molecular formula is C19H27N5O4S2. The van der Waals surface area contributed by atoms with Gasteiger partial charge in [-0.1, -0.05) is 6.92 Å².